The predicted molar refractivity (Wildman–Crippen MR) is 57.1 cm³/mol. The lowest BCUT2D eigenvalue weighted by Crippen LogP contribution is -2.13. The maximum atomic E-state index is 11.3. The van der Waals surface area contributed by atoms with Gasteiger partial charge in [-0.05, 0) is 31.5 Å². The second-order valence-corrected chi connectivity index (χ2v) is 5.44. The zero-order chi connectivity index (χ0) is 10.1. The molecule has 72 valence electrons. The van der Waals surface area contributed by atoms with Crippen molar-refractivity contribution in [3.63, 3.8) is 0 Å². The highest BCUT2D eigenvalue weighted by molar-refractivity contribution is 7.98. The van der Waals surface area contributed by atoms with Gasteiger partial charge in [-0.25, -0.2) is 0 Å². The summed E-state index contributed by atoms with van der Waals surface area (Å²) in [4.78, 5) is 4.21. The van der Waals surface area contributed by atoms with Crippen molar-refractivity contribution in [2.75, 3.05) is 6.26 Å². The summed E-state index contributed by atoms with van der Waals surface area (Å²) in [5, 5.41) is 7.00. The minimum absolute atomic E-state index is 0.875. The van der Waals surface area contributed by atoms with Crippen LogP contribution in [0.15, 0.2) is 12.1 Å². The molecule has 0 aromatic carbocycles. The third-order valence-corrected chi connectivity index (χ3v) is 2.21. The Balaban J connectivity index is 3.25. The van der Waals surface area contributed by atoms with Gasteiger partial charge in [0, 0.05) is 32.7 Å². The van der Waals surface area contributed by atoms with E-state index in [4.69, 9.17) is 5.14 Å². The van der Waals surface area contributed by atoms with Crippen LogP contribution in [0.4, 0.5) is 0 Å². The lowest BCUT2D eigenvalue weighted by Gasteiger charge is -2.00. The van der Waals surface area contributed by atoms with Gasteiger partial charge in [-0.15, -0.1) is 0 Å². The summed E-state index contributed by atoms with van der Waals surface area (Å²) in [5.74, 6) is 0. The number of aryl methyl sites for hydroxylation is 2. The molecule has 0 saturated heterocycles. The van der Waals surface area contributed by atoms with Gasteiger partial charge in [0.15, 0.2) is 0 Å². The molecule has 0 spiro atoms. The maximum absolute atomic E-state index is 11.3. The van der Waals surface area contributed by atoms with Crippen molar-refractivity contribution in [2.24, 2.45) is 5.14 Å². The highest BCUT2D eigenvalue weighted by Gasteiger charge is 1.96. The van der Waals surface area contributed by atoms with Crippen molar-refractivity contribution < 1.29 is 4.21 Å². The fourth-order valence-electron chi connectivity index (χ4n) is 1.21. The summed E-state index contributed by atoms with van der Waals surface area (Å²) >= 11 is 0. The lowest BCUT2D eigenvalue weighted by atomic mass is 10.2. The number of pyridine rings is 1. The number of nitrogens with two attached hydrogens (primary N) is 1. The Bertz CT molecular complexity index is 403. The highest BCUT2D eigenvalue weighted by atomic mass is 32.2. The van der Waals surface area contributed by atoms with E-state index in [1.807, 2.05) is 26.0 Å². The Hall–Kier alpha value is -0.870. The van der Waals surface area contributed by atoms with Crippen LogP contribution < -0.4 is 5.14 Å². The van der Waals surface area contributed by atoms with Crippen LogP contribution in [0.1, 0.15) is 17.0 Å². The molecule has 0 fully saturated rings. The summed E-state index contributed by atoms with van der Waals surface area (Å²) < 4.78 is 11.3. The molecule has 1 heterocycles. The molecule has 0 aliphatic carbocycles. The second kappa shape index (κ2) is 3.47. The van der Waals surface area contributed by atoms with Crippen molar-refractivity contribution in [2.45, 2.75) is 13.8 Å². The molecule has 0 bridgehead atoms. The molecular formula is C9H14N2OS. The van der Waals surface area contributed by atoms with Crippen molar-refractivity contribution in [3.05, 3.63) is 29.1 Å². The molecule has 0 radical (unpaired) electrons. The smallest absolute Gasteiger partial charge is 0.0382 e. The number of rotatable bonds is 1. The largest absolute Gasteiger partial charge is 0.259 e. The standard InChI is InChI=1S/C9H14N2OS/c1-7-4-9(5-8(2)11-7)6-13(3,10)12/h4-6H,1-3H3,(H2,10,12). The molecule has 1 aromatic heterocycles. The van der Waals surface area contributed by atoms with Crippen LogP contribution in [0.2, 0.25) is 0 Å². The molecule has 1 unspecified atom stereocenters. The van der Waals surface area contributed by atoms with Gasteiger partial charge in [0.05, 0.1) is 0 Å². The van der Waals surface area contributed by atoms with Crippen LogP contribution in [0.3, 0.4) is 0 Å². The molecule has 1 rings (SSSR count). The summed E-state index contributed by atoms with van der Waals surface area (Å²) in [6, 6.07) is 3.73. The molecular weight excluding hydrogens is 184 g/mol. The van der Waals surface area contributed by atoms with Crippen molar-refractivity contribution in [1.82, 2.24) is 4.98 Å². The number of nitrogens with zero attached hydrogens (tertiary/aromatic N) is 1. The van der Waals surface area contributed by atoms with Crippen LogP contribution in [0, 0.1) is 13.8 Å². The Morgan fingerprint density at radius 1 is 1.38 bits per heavy atom. The highest BCUT2D eigenvalue weighted by Crippen LogP contribution is 2.02. The van der Waals surface area contributed by atoms with E-state index in [0.29, 0.717) is 0 Å². The fraction of sp³-hybridized carbons (Fsp3) is 0.333. The maximum Gasteiger partial charge on any atom is 0.0382 e. The van der Waals surface area contributed by atoms with E-state index in [-0.39, 0.29) is 0 Å². The number of hydrogen-bond acceptors (Lipinski definition) is 2. The van der Waals surface area contributed by atoms with E-state index in [1.54, 1.807) is 5.37 Å². The molecule has 0 aliphatic heterocycles. The molecule has 13 heavy (non-hydrogen) atoms. The van der Waals surface area contributed by atoms with Gasteiger partial charge < -0.3 is 0 Å². The zero-order valence-corrected chi connectivity index (χ0v) is 8.89. The summed E-state index contributed by atoms with van der Waals surface area (Å²) in [7, 11) is -2.31. The van der Waals surface area contributed by atoms with Gasteiger partial charge >= 0.3 is 0 Å². The average molecular weight is 198 g/mol. The van der Waals surface area contributed by atoms with E-state index in [9.17, 15) is 4.21 Å². The number of hydrogen-bond donors (Lipinski definition) is 1. The summed E-state index contributed by atoms with van der Waals surface area (Å²) in [6.45, 7) is 3.80. The lowest BCUT2D eigenvalue weighted by molar-refractivity contribution is 0.686. The summed E-state index contributed by atoms with van der Waals surface area (Å²) in [6.07, 6.45) is 1.51. The van der Waals surface area contributed by atoms with Crippen LogP contribution >= 0.6 is 0 Å². The van der Waals surface area contributed by atoms with Gasteiger partial charge in [-0.2, -0.15) is 0 Å². The third-order valence-electron chi connectivity index (χ3n) is 1.47. The van der Waals surface area contributed by atoms with Crippen molar-refractivity contribution >= 4 is 15.1 Å². The van der Waals surface area contributed by atoms with E-state index < -0.39 is 9.71 Å². The zero-order valence-electron chi connectivity index (χ0n) is 8.07. The topological polar surface area (TPSA) is 56.0 Å². The average Bonchev–Trinajstić information content (AvgIpc) is 1.78. The second-order valence-electron chi connectivity index (χ2n) is 3.27. The van der Waals surface area contributed by atoms with Crippen LogP contribution in [0.5, 0.6) is 0 Å². The first-order valence-corrected chi connectivity index (χ1v) is 6.03. The molecule has 0 aliphatic rings. The number of aromatic nitrogens is 1. The van der Waals surface area contributed by atoms with Crippen LogP contribution in [0.25, 0.3) is 0 Å². The molecule has 0 saturated carbocycles. The molecule has 0 amide bonds. The Kier molecular flexibility index (Phi) is 2.73. The summed E-state index contributed by atoms with van der Waals surface area (Å²) in [5.41, 5.74) is 2.70. The normalized spacial score (nSPS) is 15.1. The predicted octanol–water partition coefficient (Wildman–Crippen LogP) is 0.637. The van der Waals surface area contributed by atoms with Gasteiger partial charge in [-0.1, -0.05) is 0 Å². The van der Waals surface area contributed by atoms with E-state index >= 15 is 0 Å². The minimum Gasteiger partial charge on any atom is -0.259 e. The van der Waals surface area contributed by atoms with Crippen LogP contribution in [-0.2, 0) is 9.71 Å². The Labute approximate surface area is 79.1 Å². The quantitative estimate of drug-likeness (QED) is 0.673. The first kappa shape index (κ1) is 10.2. The molecule has 2 N–H and O–H groups in total. The van der Waals surface area contributed by atoms with Crippen molar-refractivity contribution in [1.29, 1.82) is 0 Å². The van der Waals surface area contributed by atoms with Gasteiger partial charge in [0.2, 0.25) is 0 Å². The SMILES string of the molecule is Cc1cc(C=S(C)(N)=O)cc(C)n1. The van der Waals surface area contributed by atoms with Crippen molar-refractivity contribution in [3.8, 4) is 0 Å². The Morgan fingerprint density at radius 2 is 1.85 bits per heavy atom. The van der Waals surface area contributed by atoms with Gasteiger partial charge in [0.1, 0.15) is 0 Å². The first-order valence-electron chi connectivity index (χ1n) is 3.94. The monoisotopic (exact) mass is 198 g/mol. The van der Waals surface area contributed by atoms with Crippen LogP contribution in [-0.4, -0.2) is 20.8 Å². The molecule has 1 atom stereocenters. The van der Waals surface area contributed by atoms with E-state index in [0.717, 1.165) is 17.0 Å². The van der Waals surface area contributed by atoms with Gasteiger partial charge in [0.25, 0.3) is 0 Å². The van der Waals surface area contributed by atoms with Gasteiger partial charge in [-0.3, -0.25) is 14.3 Å². The fourth-order valence-corrected chi connectivity index (χ4v) is 1.88. The minimum atomic E-state index is -2.31. The molecule has 3 nitrogen and oxygen atoms in total. The third kappa shape index (κ3) is 3.57. The van der Waals surface area contributed by atoms with E-state index in [2.05, 4.69) is 4.98 Å². The van der Waals surface area contributed by atoms with E-state index in [1.165, 1.54) is 6.26 Å². The first-order chi connectivity index (χ1) is 5.87. The Morgan fingerprint density at radius 3 is 2.23 bits per heavy atom. The molecule has 4 heteroatoms. The molecule has 1 aromatic rings.